The van der Waals surface area contributed by atoms with Crippen LogP contribution < -0.4 is 15.2 Å². The number of fused-ring (bicyclic) bond motifs is 1. The van der Waals surface area contributed by atoms with Crippen LogP contribution in [0.1, 0.15) is 25.3 Å². The van der Waals surface area contributed by atoms with Crippen LogP contribution in [0.25, 0.3) is 0 Å². The third-order valence-corrected chi connectivity index (χ3v) is 7.07. The van der Waals surface area contributed by atoms with E-state index in [1.807, 2.05) is 0 Å². The van der Waals surface area contributed by atoms with Crippen molar-refractivity contribution < 1.29 is 27.4 Å². The number of sulfone groups is 1. The van der Waals surface area contributed by atoms with Crippen LogP contribution in [0.5, 0.6) is 11.5 Å². The van der Waals surface area contributed by atoms with Crippen molar-refractivity contribution in [1.29, 1.82) is 0 Å². The van der Waals surface area contributed by atoms with E-state index in [9.17, 15) is 13.2 Å². The SMILES string of the molecule is CCOC(=O)[C@@]1(CN)[C@H](c2ccc3c(c2)OCO3)[C@@H]1S(=O)(=O)CC. The molecular formula is C16H21NO6S. The minimum absolute atomic E-state index is 0.0557. The van der Waals surface area contributed by atoms with Crippen LogP contribution in [0, 0.1) is 5.41 Å². The van der Waals surface area contributed by atoms with Gasteiger partial charge < -0.3 is 19.9 Å². The van der Waals surface area contributed by atoms with Gasteiger partial charge in [0.05, 0.1) is 11.9 Å². The van der Waals surface area contributed by atoms with Crippen molar-refractivity contribution in [3.05, 3.63) is 23.8 Å². The zero-order chi connectivity index (χ0) is 17.5. The first-order valence-electron chi connectivity index (χ1n) is 7.90. The van der Waals surface area contributed by atoms with Crippen molar-refractivity contribution in [2.24, 2.45) is 11.1 Å². The van der Waals surface area contributed by atoms with Crippen molar-refractivity contribution in [3.63, 3.8) is 0 Å². The smallest absolute Gasteiger partial charge is 0.315 e. The summed E-state index contributed by atoms with van der Waals surface area (Å²) >= 11 is 0. The highest BCUT2D eigenvalue weighted by Crippen LogP contribution is 2.63. The summed E-state index contributed by atoms with van der Waals surface area (Å²) in [5.41, 5.74) is 5.32. The van der Waals surface area contributed by atoms with E-state index in [1.54, 1.807) is 32.0 Å². The molecule has 1 aliphatic heterocycles. The summed E-state index contributed by atoms with van der Waals surface area (Å²) in [5, 5.41) is -0.876. The molecule has 1 aromatic rings. The first-order valence-corrected chi connectivity index (χ1v) is 9.62. The van der Waals surface area contributed by atoms with Crippen LogP contribution in [0.3, 0.4) is 0 Å². The Balaban J connectivity index is 2.05. The first kappa shape index (κ1) is 17.0. The number of carbonyl (C=O) groups is 1. The number of benzene rings is 1. The fourth-order valence-electron chi connectivity index (χ4n) is 3.53. The summed E-state index contributed by atoms with van der Waals surface area (Å²) in [6.07, 6.45) is 0. The number of nitrogens with two attached hydrogens (primary N) is 1. The lowest BCUT2D eigenvalue weighted by molar-refractivity contribution is -0.149. The average Bonchev–Trinajstić information content (AvgIpc) is 3.07. The predicted octanol–water partition coefficient (Wildman–Crippen LogP) is 0.824. The molecule has 1 aromatic carbocycles. The summed E-state index contributed by atoms with van der Waals surface area (Å²) in [5.74, 6) is -0.0105. The van der Waals surface area contributed by atoms with Crippen molar-refractivity contribution in [3.8, 4) is 11.5 Å². The highest BCUT2D eigenvalue weighted by molar-refractivity contribution is 7.92. The van der Waals surface area contributed by atoms with E-state index < -0.39 is 32.4 Å². The Morgan fingerprint density at radius 1 is 1.33 bits per heavy atom. The molecule has 132 valence electrons. The molecule has 0 spiro atoms. The molecule has 8 heteroatoms. The minimum Gasteiger partial charge on any atom is -0.465 e. The van der Waals surface area contributed by atoms with Gasteiger partial charge in [0.15, 0.2) is 21.3 Å². The van der Waals surface area contributed by atoms with Gasteiger partial charge in [-0.05, 0) is 24.6 Å². The van der Waals surface area contributed by atoms with Crippen molar-refractivity contribution >= 4 is 15.8 Å². The highest BCUT2D eigenvalue weighted by atomic mass is 32.2. The molecule has 0 saturated heterocycles. The number of carbonyl (C=O) groups excluding carboxylic acids is 1. The molecule has 7 nitrogen and oxygen atoms in total. The summed E-state index contributed by atoms with van der Waals surface area (Å²) in [4.78, 5) is 12.5. The van der Waals surface area contributed by atoms with Gasteiger partial charge in [-0.2, -0.15) is 0 Å². The fourth-order valence-corrected chi connectivity index (χ4v) is 5.60. The van der Waals surface area contributed by atoms with Gasteiger partial charge in [0, 0.05) is 18.2 Å². The van der Waals surface area contributed by atoms with E-state index in [2.05, 4.69) is 0 Å². The predicted molar refractivity (Wildman–Crippen MR) is 86.7 cm³/mol. The topological polar surface area (TPSA) is 105 Å². The van der Waals surface area contributed by atoms with Gasteiger partial charge >= 0.3 is 5.97 Å². The maximum Gasteiger partial charge on any atom is 0.315 e. The van der Waals surface area contributed by atoms with E-state index in [0.29, 0.717) is 17.1 Å². The van der Waals surface area contributed by atoms with Gasteiger partial charge in [0.1, 0.15) is 5.41 Å². The van der Waals surface area contributed by atoms with Crippen molar-refractivity contribution in [2.45, 2.75) is 25.0 Å². The third kappa shape index (κ3) is 2.36. The quantitative estimate of drug-likeness (QED) is 0.753. The van der Waals surface area contributed by atoms with Crippen LogP contribution in [0.15, 0.2) is 18.2 Å². The van der Waals surface area contributed by atoms with Crippen molar-refractivity contribution in [2.75, 3.05) is 25.7 Å². The second kappa shape index (κ2) is 5.93. The number of hydrogen-bond donors (Lipinski definition) is 1. The number of esters is 1. The van der Waals surface area contributed by atoms with Gasteiger partial charge in [-0.25, -0.2) is 8.42 Å². The largest absolute Gasteiger partial charge is 0.465 e. The van der Waals surface area contributed by atoms with Crippen LogP contribution in [-0.4, -0.2) is 45.3 Å². The molecule has 1 fully saturated rings. The molecule has 1 heterocycles. The molecular weight excluding hydrogens is 334 g/mol. The number of hydrogen-bond acceptors (Lipinski definition) is 7. The molecule has 3 rings (SSSR count). The van der Waals surface area contributed by atoms with Gasteiger partial charge in [-0.15, -0.1) is 0 Å². The Bertz CT molecular complexity index is 762. The summed E-state index contributed by atoms with van der Waals surface area (Å²) in [7, 11) is -3.47. The summed E-state index contributed by atoms with van der Waals surface area (Å²) < 4.78 is 40.9. The van der Waals surface area contributed by atoms with E-state index in [0.717, 1.165) is 0 Å². The number of ether oxygens (including phenoxy) is 3. The van der Waals surface area contributed by atoms with E-state index in [-0.39, 0.29) is 25.7 Å². The third-order valence-electron chi connectivity index (χ3n) is 4.79. The zero-order valence-electron chi connectivity index (χ0n) is 13.7. The molecule has 0 unspecified atom stereocenters. The molecule has 0 aromatic heterocycles. The minimum atomic E-state index is -3.47. The average molecular weight is 355 g/mol. The normalized spacial score (nSPS) is 27.8. The van der Waals surface area contributed by atoms with Crippen LogP contribution in [-0.2, 0) is 19.4 Å². The van der Waals surface area contributed by atoms with Gasteiger partial charge in [-0.3, -0.25) is 4.79 Å². The lowest BCUT2D eigenvalue weighted by Gasteiger charge is -2.14. The van der Waals surface area contributed by atoms with Crippen molar-refractivity contribution in [1.82, 2.24) is 0 Å². The molecule has 3 atom stereocenters. The Kier molecular flexibility index (Phi) is 4.21. The second-order valence-corrected chi connectivity index (χ2v) is 8.34. The molecule has 1 saturated carbocycles. The van der Waals surface area contributed by atoms with Gasteiger partial charge in [0.25, 0.3) is 0 Å². The monoisotopic (exact) mass is 355 g/mol. The van der Waals surface area contributed by atoms with E-state index in [4.69, 9.17) is 19.9 Å². The highest BCUT2D eigenvalue weighted by Gasteiger charge is 2.75. The molecule has 0 radical (unpaired) electrons. The molecule has 24 heavy (non-hydrogen) atoms. The Morgan fingerprint density at radius 3 is 2.67 bits per heavy atom. The lowest BCUT2D eigenvalue weighted by Crippen LogP contribution is -2.34. The first-order chi connectivity index (χ1) is 11.4. The Morgan fingerprint density at radius 2 is 2.04 bits per heavy atom. The maximum absolute atomic E-state index is 12.5. The molecule has 1 aliphatic carbocycles. The van der Waals surface area contributed by atoms with E-state index >= 15 is 0 Å². The molecule has 0 bridgehead atoms. The maximum atomic E-state index is 12.5. The van der Waals surface area contributed by atoms with Crippen LogP contribution in [0.2, 0.25) is 0 Å². The summed E-state index contributed by atoms with van der Waals surface area (Å²) in [6.45, 7) is 3.46. The standard InChI is InChI=1S/C16H21NO6S/c1-3-21-15(18)16(8-17)13(14(16)24(19,20)4-2)10-5-6-11-12(7-10)23-9-22-11/h5-7,13-14H,3-4,8-9,17H2,1-2H3/t13-,14+,16+/m1/s1. The number of rotatable bonds is 6. The summed E-state index contributed by atoms with van der Waals surface area (Å²) in [6, 6.07) is 5.20. The molecule has 0 amide bonds. The zero-order valence-corrected chi connectivity index (χ0v) is 14.5. The van der Waals surface area contributed by atoms with E-state index in [1.165, 1.54) is 0 Å². The Labute approximate surface area is 141 Å². The molecule has 2 aliphatic rings. The van der Waals surface area contributed by atoms with Gasteiger partial charge in [0.2, 0.25) is 6.79 Å². The molecule has 2 N–H and O–H groups in total. The van der Waals surface area contributed by atoms with Crippen LogP contribution >= 0.6 is 0 Å². The van der Waals surface area contributed by atoms with Gasteiger partial charge in [-0.1, -0.05) is 13.0 Å². The Hall–Kier alpha value is -1.80. The lowest BCUT2D eigenvalue weighted by atomic mass is 9.99. The second-order valence-electron chi connectivity index (χ2n) is 5.93. The van der Waals surface area contributed by atoms with Crippen LogP contribution in [0.4, 0.5) is 0 Å². The fraction of sp³-hybridized carbons (Fsp3) is 0.562.